The maximum atomic E-state index is 14.8. The van der Waals surface area contributed by atoms with E-state index >= 15 is 0 Å². The molecule has 1 atom stereocenters. The third-order valence-electron chi connectivity index (χ3n) is 6.22. The fourth-order valence-corrected chi connectivity index (χ4v) is 4.43. The molecular weight excluding hydrogens is 465 g/mol. The molecule has 2 aliphatic rings. The summed E-state index contributed by atoms with van der Waals surface area (Å²) in [5.74, 6) is -3.57. The number of hydrogen-bond acceptors (Lipinski definition) is 6. The number of nitrogens with one attached hydrogen (secondary N) is 1. The van der Waals surface area contributed by atoms with Crippen LogP contribution in [0, 0.1) is 5.82 Å². The lowest BCUT2D eigenvalue weighted by Gasteiger charge is -2.30. The zero-order chi connectivity index (χ0) is 26.0. The van der Waals surface area contributed by atoms with Gasteiger partial charge in [0.25, 0.3) is 0 Å². The summed E-state index contributed by atoms with van der Waals surface area (Å²) in [6, 6.07) is 0.261. The summed E-state index contributed by atoms with van der Waals surface area (Å²) in [6.45, 7) is 5.73. The Labute approximate surface area is 204 Å². The first-order valence-corrected chi connectivity index (χ1v) is 11.9. The number of nitrogens with zero attached hydrogens (tertiary/aromatic N) is 3. The Hall–Kier alpha value is -2.72. The number of carbonyl (C=O) groups is 2. The van der Waals surface area contributed by atoms with E-state index in [1.807, 2.05) is 0 Å². The van der Waals surface area contributed by atoms with Crippen LogP contribution in [-0.4, -0.2) is 71.1 Å². The van der Waals surface area contributed by atoms with E-state index in [0.29, 0.717) is 24.9 Å². The molecule has 35 heavy (non-hydrogen) atoms. The molecule has 1 aliphatic carbocycles. The number of likely N-dealkylation sites (tertiary alicyclic amines) is 1. The van der Waals surface area contributed by atoms with E-state index in [4.69, 9.17) is 9.47 Å². The van der Waals surface area contributed by atoms with Gasteiger partial charge in [-0.15, -0.1) is 0 Å². The van der Waals surface area contributed by atoms with Crippen LogP contribution in [0.15, 0.2) is 6.07 Å². The normalized spacial score (nSPS) is 20.5. The Kier molecular flexibility index (Phi) is 8.06. The largest absolute Gasteiger partial charge is 0.481 e. The number of hydrogen-bond donors (Lipinski definition) is 1. The van der Waals surface area contributed by atoms with Crippen LogP contribution in [0.4, 0.5) is 23.8 Å². The molecule has 0 bridgehead atoms. The summed E-state index contributed by atoms with van der Waals surface area (Å²) >= 11 is 0. The Bertz CT molecular complexity index is 928. The van der Waals surface area contributed by atoms with Crippen molar-refractivity contribution < 1.29 is 32.2 Å². The molecule has 1 aliphatic heterocycles. The zero-order valence-electron chi connectivity index (χ0n) is 21.0. The predicted molar refractivity (Wildman–Crippen MR) is 124 cm³/mol. The molecule has 2 fully saturated rings. The summed E-state index contributed by atoms with van der Waals surface area (Å²) in [5, 5.41) is 2.91. The van der Waals surface area contributed by atoms with Gasteiger partial charge in [-0.05, 0) is 52.5 Å². The van der Waals surface area contributed by atoms with E-state index in [9.17, 15) is 22.8 Å². The highest BCUT2D eigenvalue weighted by molar-refractivity contribution is 5.86. The summed E-state index contributed by atoms with van der Waals surface area (Å²) in [5.41, 5.74) is -0.326. The predicted octanol–water partition coefficient (Wildman–Crippen LogP) is 4.58. The van der Waals surface area contributed by atoms with Crippen LogP contribution in [0.5, 0.6) is 5.88 Å². The van der Waals surface area contributed by atoms with Gasteiger partial charge in [0, 0.05) is 38.0 Å². The molecule has 0 spiro atoms. The summed E-state index contributed by atoms with van der Waals surface area (Å²) in [4.78, 5) is 32.7. The highest BCUT2D eigenvalue weighted by Gasteiger charge is 2.38. The lowest BCUT2D eigenvalue weighted by atomic mass is 9.92. The molecule has 0 aromatic carbocycles. The van der Waals surface area contributed by atoms with Crippen molar-refractivity contribution in [2.45, 2.75) is 89.4 Å². The summed E-state index contributed by atoms with van der Waals surface area (Å²) in [7, 11) is 2.96. The van der Waals surface area contributed by atoms with Gasteiger partial charge in [-0.2, -0.15) is 4.98 Å². The standard InChI is InChI=1S/C24H35F3N4O4/c1-23(2,3)35-22(33)31-12-6-7-18(31)21(32)30(4)14-15-13-17(25)19(29-20(15)34-5)28-16-8-10-24(26,27)11-9-16/h13,16,18H,6-12,14H2,1-5H3,(H,28,29)/t18-/m0/s1. The van der Waals surface area contributed by atoms with Gasteiger partial charge in [0.15, 0.2) is 11.6 Å². The van der Waals surface area contributed by atoms with Crippen molar-refractivity contribution in [3.63, 3.8) is 0 Å². The van der Waals surface area contributed by atoms with Gasteiger partial charge in [-0.1, -0.05) is 0 Å². The summed E-state index contributed by atoms with van der Waals surface area (Å²) in [6.07, 6.45) is 0.566. The van der Waals surface area contributed by atoms with Gasteiger partial charge in [0.2, 0.25) is 17.7 Å². The highest BCUT2D eigenvalue weighted by atomic mass is 19.3. The smallest absolute Gasteiger partial charge is 0.410 e. The van der Waals surface area contributed by atoms with Gasteiger partial charge >= 0.3 is 6.09 Å². The number of methoxy groups -OCH3 is 1. The third-order valence-corrected chi connectivity index (χ3v) is 6.22. The molecule has 1 aromatic heterocycles. The van der Waals surface area contributed by atoms with Crippen molar-refractivity contribution in [3.8, 4) is 5.88 Å². The van der Waals surface area contributed by atoms with Gasteiger partial charge in [0.05, 0.1) is 13.7 Å². The molecule has 8 nitrogen and oxygen atoms in total. The quantitative estimate of drug-likeness (QED) is 0.616. The van der Waals surface area contributed by atoms with Crippen LogP contribution in [0.3, 0.4) is 0 Å². The van der Waals surface area contributed by atoms with Gasteiger partial charge in [-0.25, -0.2) is 18.0 Å². The van der Waals surface area contributed by atoms with Gasteiger partial charge in [-0.3, -0.25) is 9.69 Å². The van der Waals surface area contributed by atoms with Crippen molar-refractivity contribution in [3.05, 3.63) is 17.4 Å². The lowest BCUT2D eigenvalue weighted by Crippen LogP contribution is -2.47. The van der Waals surface area contributed by atoms with Crippen molar-refractivity contribution in [1.29, 1.82) is 0 Å². The van der Waals surface area contributed by atoms with Crippen LogP contribution < -0.4 is 10.1 Å². The van der Waals surface area contributed by atoms with Crippen molar-refractivity contribution in [2.24, 2.45) is 0 Å². The maximum absolute atomic E-state index is 14.8. The molecule has 1 aromatic rings. The Morgan fingerprint density at radius 3 is 2.51 bits per heavy atom. The zero-order valence-corrected chi connectivity index (χ0v) is 21.0. The molecule has 3 rings (SSSR count). The Balaban J connectivity index is 1.68. The number of halogens is 3. The molecular formula is C24H35F3N4O4. The molecule has 0 unspecified atom stereocenters. The SMILES string of the molecule is COc1nc(NC2CCC(F)(F)CC2)c(F)cc1CN(C)C(=O)[C@@H]1CCCN1C(=O)OC(C)(C)C. The molecule has 1 saturated heterocycles. The number of amides is 2. The monoisotopic (exact) mass is 500 g/mol. The molecule has 0 radical (unpaired) electrons. The number of rotatable bonds is 6. The van der Waals surface area contributed by atoms with E-state index in [1.54, 1.807) is 27.8 Å². The second-order valence-corrected chi connectivity index (χ2v) is 10.3. The first-order valence-electron chi connectivity index (χ1n) is 11.9. The fraction of sp³-hybridized carbons (Fsp3) is 0.708. The lowest BCUT2D eigenvalue weighted by molar-refractivity contribution is -0.135. The number of carbonyl (C=O) groups excluding carboxylic acids is 2. The highest BCUT2D eigenvalue weighted by Crippen LogP contribution is 2.35. The number of anilines is 1. The van der Waals surface area contributed by atoms with Crippen LogP contribution in [0.2, 0.25) is 0 Å². The van der Waals surface area contributed by atoms with Crippen molar-refractivity contribution >= 4 is 17.8 Å². The second kappa shape index (κ2) is 10.5. The second-order valence-electron chi connectivity index (χ2n) is 10.3. The number of ether oxygens (including phenoxy) is 2. The average Bonchev–Trinajstić information content (AvgIpc) is 3.25. The molecule has 11 heteroatoms. The molecule has 2 heterocycles. The first kappa shape index (κ1) is 26.9. The topological polar surface area (TPSA) is 84.0 Å². The van der Waals surface area contributed by atoms with Crippen molar-refractivity contribution in [1.82, 2.24) is 14.8 Å². The van der Waals surface area contributed by atoms with E-state index in [1.165, 1.54) is 23.0 Å². The average molecular weight is 501 g/mol. The van der Waals surface area contributed by atoms with Crippen molar-refractivity contribution in [2.75, 3.05) is 26.0 Å². The van der Waals surface area contributed by atoms with E-state index in [2.05, 4.69) is 10.3 Å². The van der Waals surface area contributed by atoms with Gasteiger partial charge in [0.1, 0.15) is 11.6 Å². The minimum absolute atomic E-state index is 0.0144. The van der Waals surface area contributed by atoms with Crippen LogP contribution in [-0.2, 0) is 16.1 Å². The Morgan fingerprint density at radius 2 is 1.91 bits per heavy atom. The third kappa shape index (κ3) is 6.91. The number of pyridine rings is 1. The van der Waals surface area contributed by atoms with E-state index < -0.39 is 29.5 Å². The molecule has 2 amide bonds. The molecule has 196 valence electrons. The molecule has 1 N–H and O–H groups in total. The Morgan fingerprint density at radius 1 is 1.26 bits per heavy atom. The number of alkyl halides is 2. The minimum atomic E-state index is -2.68. The molecule has 1 saturated carbocycles. The van der Waals surface area contributed by atoms with E-state index in [0.717, 1.165) is 0 Å². The fourth-order valence-electron chi connectivity index (χ4n) is 4.43. The first-order chi connectivity index (χ1) is 16.3. The maximum Gasteiger partial charge on any atom is 0.410 e. The minimum Gasteiger partial charge on any atom is -0.481 e. The van der Waals surface area contributed by atoms with Crippen LogP contribution >= 0.6 is 0 Å². The van der Waals surface area contributed by atoms with E-state index in [-0.39, 0.29) is 55.9 Å². The number of aromatic nitrogens is 1. The summed E-state index contributed by atoms with van der Waals surface area (Å²) < 4.78 is 52.4. The van der Waals surface area contributed by atoms with Crippen LogP contribution in [0.25, 0.3) is 0 Å². The number of likely N-dealkylation sites (N-methyl/N-ethyl adjacent to an activating group) is 1. The van der Waals surface area contributed by atoms with Crippen LogP contribution in [0.1, 0.15) is 64.9 Å². The van der Waals surface area contributed by atoms with Gasteiger partial charge < -0.3 is 19.7 Å².